The summed E-state index contributed by atoms with van der Waals surface area (Å²) in [6.45, 7) is 3.92. The number of aliphatic hydroxyl groups excluding tert-OH is 1. The van der Waals surface area contributed by atoms with E-state index in [9.17, 15) is 9.50 Å². The van der Waals surface area contributed by atoms with Crippen LogP contribution in [0, 0.1) is 5.82 Å². The van der Waals surface area contributed by atoms with Gasteiger partial charge in [-0.1, -0.05) is 36.4 Å². The van der Waals surface area contributed by atoms with Crippen LogP contribution in [0.4, 0.5) is 4.39 Å². The first-order valence-corrected chi connectivity index (χ1v) is 9.70. The fourth-order valence-corrected chi connectivity index (χ4v) is 3.63. The summed E-state index contributed by atoms with van der Waals surface area (Å²) in [5.41, 5.74) is 4.02. The zero-order valence-corrected chi connectivity index (χ0v) is 16.3. The maximum atomic E-state index is 13.6. The highest BCUT2D eigenvalue weighted by molar-refractivity contribution is 5.64. The summed E-state index contributed by atoms with van der Waals surface area (Å²) in [6, 6.07) is 20.6. The van der Waals surface area contributed by atoms with Gasteiger partial charge in [-0.15, -0.1) is 0 Å². The van der Waals surface area contributed by atoms with E-state index in [1.54, 1.807) is 19.1 Å². The quantitative estimate of drug-likeness (QED) is 0.637. The second-order valence-electron chi connectivity index (χ2n) is 7.42. The second kappa shape index (κ2) is 8.64. The van der Waals surface area contributed by atoms with Gasteiger partial charge in [-0.3, -0.25) is 4.90 Å². The van der Waals surface area contributed by atoms with E-state index in [4.69, 9.17) is 9.47 Å². The highest BCUT2D eigenvalue weighted by Crippen LogP contribution is 2.33. The molecule has 0 aliphatic carbocycles. The molecule has 0 unspecified atom stereocenters. The summed E-state index contributed by atoms with van der Waals surface area (Å²) in [7, 11) is 0. The minimum atomic E-state index is -0.449. The molecular weight excluding hydrogens is 369 g/mol. The Morgan fingerprint density at radius 3 is 2.34 bits per heavy atom. The fourth-order valence-electron chi connectivity index (χ4n) is 3.63. The van der Waals surface area contributed by atoms with Crippen molar-refractivity contribution in [2.24, 2.45) is 0 Å². The zero-order chi connectivity index (χ0) is 20.2. The lowest BCUT2D eigenvalue weighted by atomic mass is 10.0. The van der Waals surface area contributed by atoms with E-state index in [1.807, 2.05) is 36.4 Å². The van der Waals surface area contributed by atoms with Crippen molar-refractivity contribution in [2.75, 3.05) is 13.3 Å². The van der Waals surface area contributed by atoms with Crippen LogP contribution in [0.25, 0.3) is 11.1 Å². The first kappa shape index (κ1) is 19.4. The molecule has 150 valence electrons. The summed E-state index contributed by atoms with van der Waals surface area (Å²) in [4.78, 5) is 2.19. The van der Waals surface area contributed by atoms with E-state index in [1.165, 1.54) is 6.07 Å². The van der Waals surface area contributed by atoms with Crippen LogP contribution in [0.5, 0.6) is 11.5 Å². The van der Waals surface area contributed by atoms with Crippen molar-refractivity contribution < 1.29 is 19.0 Å². The van der Waals surface area contributed by atoms with Gasteiger partial charge >= 0.3 is 0 Å². The predicted octanol–water partition coefficient (Wildman–Crippen LogP) is 4.60. The molecule has 0 fully saturated rings. The minimum Gasteiger partial charge on any atom is -0.454 e. The van der Waals surface area contributed by atoms with Gasteiger partial charge in [0.05, 0.1) is 6.10 Å². The number of ether oxygens (including phenoxy) is 2. The monoisotopic (exact) mass is 393 g/mol. The Hall–Kier alpha value is -2.89. The van der Waals surface area contributed by atoms with Gasteiger partial charge in [-0.05, 0) is 59.5 Å². The molecular formula is C24H24FNO3. The van der Waals surface area contributed by atoms with Crippen molar-refractivity contribution in [3.05, 3.63) is 83.7 Å². The Balaban J connectivity index is 1.53. The second-order valence-corrected chi connectivity index (χ2v) is 7.42. The smallest absolute Gasteiger partial charge is 0.231 e. The maximum Gasteiger partial charge on any atom is 0.231 e. The minimum absolute atomic E-state index is 0.244. The molecule has 4 nitrogen and oxygen atoms in total. The number of nitrogens with zero attached hydrogens (tertiary/aromatic N) is 1. The third kappa shape index (κ3) is 4.94. The normalized spacial score (nSPS) is 13.7. The molecule has 0 saturated carbocycles. The standard InChI is InChI=1S/C24H24FNO3/c1-17(27)13-26(15-19-8-9-23-24(11-19)29-16-28-23)14-18-4-2-5-20(10-18)21-6-3-7-22(25)12-21/h2-12,17,27H,13-16H2,1H3/t17-/m0/s1. The number of hydrogen-bond donors (Lipinski definition) is 1. The zero-order valence-electron chi connectivity index (χ0n) is 16.3. The average molecular weight is 393 g/mol. The van der Waals surface area contributed by atoms with Crippen LogP contribution in [0.1, 0.15) is 18.1 Å². The van der Waals surface area contributed by atoms with Gasteiger partial charge in [-0.2, -0.15) is 0 Å². The fraction of sp³-hybridized carbons (Fsp3) is 0.250. The molecule has 1 heterocycles. The number of fused-ring (bicyclic) bond motifs is 1. The Labute approximate surface area is 170 Å². The van der Waals surface area contributed by atoms with Crippen molar-refractivity contribution in [1.82, 2.24) is 4.90 Å². The lowest BCUT2D eigenvalue weighted by Gasteiger charge is -2.24. The maximum absolute atomic E-state index is 13.6. The molecule has 29 heavy (non-hydrogen) atoms. The van der Waals surface area contributed by atoms with E-state index >= 15 is 0 Å². The van der Waals surface area contributed by atoms with E-state index < -0.39 is 6.10 Å². The van der Waals surface area contributed by atoms with Gasteiger partial charge < -0.3 is 14.6 Å². The number of rotatable bonds is 7. The molecule has 0 radical (unpaired) electrons. The highest BCUT2D eigenvalue weighted by atomic mass is 19.1. The molecule has 1 N–H and O–H groups in total. The Bertz CT molecular complexity index is 989. The number of hydrogen-bond acceptors (Lipinski definition) is 4. The van der Waals surface area contributed by atoms with Gasteiger partial charge in [0.15, 0.2) is 11.5 Å². The molecule has 0 bridgehead atoms. The topological polar surface area (TPSA) is 41.9 Å². The molecule has 4 rings (SSSR count). The predicted molar refractivity (Wildman–Crippen MR) is 110 cm³/mol. The Morgan fingerprint density at radius 1 is 0.897 bits per heavy atom. The first-order chi connectivity index (χ1) is 14.1. The summed E-state index contributed by atoms with van der Waals surface area (Å²) in [6.07, 6.45) is -0.449. The largest absolute Gasteiger partial charge is 0.454 e. The lowest BCUT2D eigenvalue weighted by molar-refractivity contribution is 0.118. The number of halogens is 1. The summed E-state index contributed by atoms with van der Waals surface area (Å²) in [5, 5.41) is 9.97. The van der Waals surface area contributed by atoms with Crippen LogP contribution in [0.3, 0.4) is 0 Å². The van der Waals surface area contributed by atoms with Crippen molar-refractivity contribution in [1.29, 1.82) is 0 Å². The van der Waals surface area contributed by atoms with E-state index in [-0.39, 0.29) is 12.6 Å². The van der Waals surface area contributed by atoms with Crippen LogP contribution < -0.4 is 9.47 Å². The molecule has 5 heteroatoms. The van der Waals surface area contributed by atoms with Crippen LogP contribution in [0.15, 0.2) is 66.7 Å². The van der Waals surface area contributed by atoms with Gasteiger partial charge in [0.1, 0.15) is 5.82 Å². The van der Waals surface area contributed by atoms with Crippen molar-refractivity contribution in [2.45, 2.75) is 26.1 Å². The molecule has 0 aromatic heterocycles. The van der Waals surface area contributed by atoms with Crippen molar-refractivity contribution in [3.8, 4) is 22.6 Å². The van der Waals surface area contributed by atoms with E-state index in [0.29, 0.717) is 19.6 Å². The molecule has 3 aromatic carbocycles. The average Bonchev–Trinajstić information content (AvgIpc) is 3.15. The van der Waals surface area contributed by atoms with Crippen molar-refractivity contribution >= 4 is 0 Å². The summed E-state index contributed by atoms with van der Waals surface area (Å²) < 4.78 is 24.4. The Kier molecular flexibility index (Phi) is 5.79. The first-order valence-electron chi connectivity index (χ1n) is 9.70. The van der Waals surface area contributed by atoms with Gasteiger partial charge in [0, 0.05) is 19.6 Å². The lowest BCUT2D eigenvalue weighted by Crippen LogP contribution is -2.30. The SMILES string of the molecule is C[C@H](O)CN(Cc1cccc(-c2cccc(F)c2)c1)Cc1ccc2c(c1)OCO2. The van der Waals surface area contributed by atoms with Gasteiger partial charge in [0.25, 0.3) is 0 Å². The van der Waals surface area contributed by atoms with Crippen LogP contribution in [-0.4, -0.2) is 29.4 Å². The van der Waals surface area contributed by atoms with E-state index in [2.05, 4.69) is 17.0 Å². The van der Waals surface area contributed by atoms with Crippen LogP contribution >= 0.6 is 0 Å². The number of aliphatic hydroxyl groups is 1. The number of benzene rings is 3. The van der Waals surface area contributed by atoms with Gasteiger partial charge in [-0.25, -0.2) is 4.39 Å². The molecule has 3 aromatic rings. The third-order valence-corrected chi connectivity index (χ3v) is 4.86. The Morgan fingerprint density at radius 2 is 1.59 bits per heavy atom. The molecule has 1 aliphatic rings. The van der Waals surface area contributed by atoms with Crippen LogP contribution in [0.2, 0.25) is 0 Å². The third-order valence-electron chi connectivity index (χ3n) is 4.86. The summed E-state index contributed by atoms with van der Waals surface area (Å²) in [5.74, 6) is 1.28. The molecule has 1 aliphatic heterocycles. The summed E-state index contributed by atoms with van der Waals surface area (Å²) >= 11 is 0. The van der Waals surface area contributed by atoms with Gasteiger partial charge in [0.2, 0.25) is 6.79 Å². The van der Waals surface area contributed by atoms with Crippen molar-refractivity contribution in [3.63, 3.8) is 0 Å². The van der Waals surface area contributed by atoms with Crippen LogP contribution in [-0.2, 0) is 13.1 Å². The molecule has 0 saturated heterocycles. The molecule has 0 spiro atoms. The van der Waals surface area contributed by atoms with E-state index in [0.717, 1.165) is 33.8 Å². The molecule has 0 amide bonds. The highest BCUT2D eigenvalue weighted by Gasteiger charge is 2.16. The molecule has 1 atom stereocenters.